The Morgan fingerprint density at radius 3 is 2.41 bits per heavy atom. The molecule has 2 nitrogen and oxygen atoms in total. The Kier molecular flexibility index (Phi) is 4.66. The fourth-order valence-electron chi connectivity index (χ4n) is 3.10. The third-order valence-electron chi connectivity index (χ3n) is 4.41. The van der Waals surface area contributed by atoms with E-state index in [4.69, 9.17) is 4.74 Å². The summed E-state index contributed by atoms with van der Waals surface area (Å²) in [5.41, 5.74) is 0.885. The van der Waals surface area contributed by atoms with E-state index in [0.29, 0.717) is 20.7 Å². The van der Waals surface area contributed by atoms with E-state index >= 15 is 0 Å². The van der Waals surface area contributed by atoms with Gasteiger partial charge in [0.05, 0.1) is 0 Å². The Morgan fingerprint density at radius 1 is 1.09 bits per heavy atom. The molecular formula is C19H20O2Se. The van der Waals surface area contributed by atoms with Gasteiger partial charge in [0.1, 0.15) is 0 Å². The monoisotopic (exact) mass is 360 g/mol. The van der Waals surface area contributed by atoms with Crippen LogP contribution in [0.2, 0.25) is 5.32 Å². The number of hydrogen-bond acceptors (Lipinski definition) is 2. The van der Waals surface area contributed by atoms with Gasteiger partial charge in [0.25, 0.3) is 0 Å². The van der Waals surface area contributed by atoms with Crippen LogP contribution in [0.15, 0.2) is 54.6 Å². The summed E-state index contributed by atoms with van der Waals surface area (Å²) >= 11 is 0.321. The number of ether oxygens (including phenoxy) is 1. The molecule has 3 heteroatoms. The molecule has 0 aromatic heterocycles. The third kappa shape index (κ3) is 2.97. The molecule has 3 rings (SSSR count). The zero-order chi connectivity index (χ0) is 15.4. The molecule has 2 aromatic carbocycles. The van der Waals surface area contributed by atoms with Crippen LogP contribution in [0.1, 0.15) is 24.8 Å². The average molecular weight is 359 g/mol. The molecule has 0 bridgehead atoms. The van der Waals surface area contributed by atoms with Crippen LogP contribution >= 0.6 is 0 Å². The van der Waals surface area contributed by atoms with E-state index in [9.17, 15) is 4.79 Å². The molecule has 1 fully saturated rings. The number of carbonyl (C=O) groups excluding carboxylic acids is 1. The van der Waals surface area contributed by atoms with Gasteiger partial charge in [-0.3, -0.25) is 0 Å². The number of carbonyl (C=O) groups is 1. The molecule has 1 unspecified atom stereocenters. The summed E-state index contributed by atoms with van der Waals surface area (Å²) in [6.07, 6.45) is 2.71. The van der Waals surface area contributed by atoms with Crippen LogP contribution in [-0.4, -0.2) is 27.8 Å². The van der Waals surface area contributed by atoms with Crippen LogP contribution < -0.4 is 9.20 Å². The van der Waals surface area contributed by atoms with Gasteiger partial charge in [-0.05, 0) is 0 Å². The Balaban J connectivity index is 1.86. The van der Waals surface area contributed by atoms with E-state index in [1.165, 1.54) is 4.46 Å². The molecule has 114 valence electrons. The van der Waals surface area contributed by atoms with Crippen molar-refractivity contribution >= 4 is 25.2 Å². The van der Waals surface area contributed by atoms with Gasteiger partial charge >= 0.3 is 138 Å². The summed E-state index contributed by atoms with van der Waals surface area (Å²) in [5, 5.41) is 0.954. The van der Waals surface area contributed by atoms with E-state index in [1.54, 1.807) is 7.11 Å². The molecule has 22 heavy (non-hydrogen) atoms. The van der Waals surface area contributed by atoms with Gasteiger partial charge in [0, 0.05) is 0 Å². The maximum absolute atomic E-state index is 12.7. The number of Topliss-reactive ketones (excluding diaryl/α,β-unsaturated/α-hetero) is 1. The molecule has 1 saturated carbocycles. The number of benzene rings is 2. The standard InChI is InChI=1S/C19H20O2Se/c1-21-16-11-9-15(10-12-16)19(13-5-8-18(19)20)14-22-17-6-3-2-4-7-17/h2-4,6-7,9-12H,5,8,13-14H2,1H3. The first kappa shape index (κ1) is 15.3. The molecular weight excluding hydrogens is 339 g/mol. The van der Waals surface area contributed by atoms with Crippen molar-refractivity contribution in [3.05, 3.63) is 60.2 Å². The number of methoxy groups -OCH3 is 1. The summed E-state index contributed by atoms with van der Waals surface area (Å²) < 4.78 is 6.60. The van der Waals surface area contributed by atoms with Gasteiger partial charge in [-0.15, -0.1) is 0 Å². The van der Waals surface area contributed by atoms with E-state index in [-0.39, 0.29) is 5.41 Å². The van der Waals surface area contributed by atoms with Gasteiger partial charge in [-0.2, -0.15) is 0 Å². The molecule has 0 spiro atoms. The molecule has 0 N–H and O–H groups in total. The van der Waals surface area contributed by atoms with Crippen molar-refractivity contribution in [2.24, 2.45) is 0 Å². The van der Waals surface area contributed by atoms with Crippen molar-refractivity contribution in [2.75, 3.05) is 7.11 Å². The van der Waals surface area contributed by atoms with Gasteiger partial charge in [-0.1, -0.05) is 0 Å². The molecule has 0 heterocycles. The number of hydrogen-bond donors (Lipinski definition) is 0. The van der Waals surface area contributed by atoms with E-state index in [1.807, 2.05) is 18.2 Å². The summed E-state index contributed by atoms with van der Waals surface area (Å²) in [6.45, 7) is 0. The Labute approximate surface area is 138 Å². The zero-order valence-electron chi connectivity index (χ0n) is 12.7. The predicted molar refractivity (Wildman–Crippen MR) is 90.2 cm³/mol. The second-order valence-corrected chi connectivity index (χ2v) is 7.89. The Bertz CT molecular complexity index is 636. The zero-order valence-corrected chi connectivity index (χ0v) is 14.5. The van der Waals surface area contributed by atoms with Crippen LogP contribution in [-0.2, 0) is 10.2 Å². The van der Waals surface area contributed by atoms with Crippen molar-refractivity contribution in [1.29, 1.82) is 0 Å². The molecule has 0 saturated heterocycles. The van der Waals surface area contributed by atoms with Crippen molar-refractivity contribution < 1.29 is 9.53 Å². The summed E-state index contributed by atoms with van der Waals surface area (Å²) in [6, 6.07) is 18.6. The molecule has 1 aliphatic rings. The van der Waals surface area contributed by atoms with Gasteiger partial charge in [0.2, 0.25) is 0 Å². The van der Waals surface area contributed by atoms with E-state index in [0.717, 1.165) is 35.9 Å². The van der Waals surface area contributed by atoms with E-state index < -0.39 is 0 Å². The second-order valence-electron chi connectivity index (χ2n) is 5.69. The van der Waals surface area contributed by atoms with Crippen molar-refractivity contribution in [1.82, 2.24) is 0 Å². The number of ketones is 1. The maximum atomic E-state index is 12.7. The molecule has 0 amide bonds. The number of rotatable bonds is 5. The predicted octanol–water partition coefficient (Wildman–Crippen LogP) is 3.13. The quantitative estimate of drug-likeness (QED) is 0.767. The molecule has 2 aromatic rings. The van der Waals surface area contributed by atoms with Crippen molar-refractivity contribution in [2.45, 2.75) is 30.0 Å². The first-order valence-electron chi connectivity index (χ1n) is 7.60. The first-order chi connectivity index (χ1) is 10.7. The SMILES string of the molecule is COc1ccc(C2(C[Se]c3ccccc3)CCCC2=O)cc1. The van der Waals surface area contributed by atoms with Crippen LogP contribution in [0.5, 0.6) is 5.75 Å². The van der Waals surface area contributed by atoms with E-state index in [2.05, 4.69) is 36.4 Å². The normalized spacial score (nSPS) is 21.0. The van der Waals surface area contributed by atoms with Gasteiger partial charge < -0.3 is 0 Å². The minimum absolute atomic E-state index is 0.276. The fraction of sp³-hybridized carbons (Fsp3) is 0.316. The van der Waals surface area contributed by atoms with Crippen LogP contribution in [0.25, 0.3) is 0 Å². The summed E-state index contributed by atoms with van der Waals surface area (Å²) in [7, 11) is 1.67. The fourth-order valence-corrected chi connectivity index (χ4v) is 5.69. The Morgan fingerprint density at radius 2 is 1.82 bits per heavy atom. The van der Waals surface area contributed by atoms with Gasteiger partial charge in [-0.25, -0.2) is 0 Å². The minimum atomic E-state index is -0.276. The summed E-state index contributed by atoms with van der Waals surface area (Å²) in [5.74, 6) is 1.26. The molecule has 1 aliphatic carbocycles. The second kappa shape index (κ2) is 6.68. The molecule has 1 atom stereocenters. The first-order valence-corrected chi connectivity index (χ1v) is 9.67. The third-order valence-corrected chi connectivity index (χ3v) is 7.02. The topological polar surface area (TPSA) is 26.3 Å². The van der Waals surface area contributed by atoms with Gasteiger partial charge in [0.15, 0.2) is 0 Å². The van der Waals surface area contributed by atoms with Crippen LogP contribution in [0.4, 0.5) is 0 Å². The average Bonchev–Trinajstić information content (AvgIpc) is 2.96. The van der Waals surface area contributed by atoms with Crippen molar-refractivity contribution in [3.63, 3.8) is 0 Å². The van der Waals surface area contributed by atoms with Crippen LogP contribution in [0.3, 0.4) is 0 Å². The van der Waals surface area contributed by atoms with Crippen molar-refractivity contribution in [3.8, 4) is 5.75 Å². The summed E-state index contributed by atoms with van der Waals surface area (Å²) in [4.78, 5) is 12.7. The van der Waals surface area contributed by atoms with Crippen LogP contribution in [0, 0.1) is 0 Å². The molecule has 0 radical (unpaired) electrons. The Hall–Kier alpha value is -1.57. The molecule has 0 aliphatic heterocycles.